The van der Waals surface area contributed by atoms with Gasteiger partial charge in [0, 0.05) is 33.0 Å². The highest BCUT2D eigenvalue weighted by Gasteiger charge is 2.18. The van der Waals surface area contributed by atoms with E-state index in [1.165, 1.54) is 41.9 Å². The van der Waals surface area contributed by atoms with Gasteiger partial charge in [0.25, 0.3) is 0 Å². The molecule has 0 fully saturated rings. The van der Waals surface area contributed by atoms with Crippen LogP contribution in [0.4, 0.5) is 0 Å². The second kappa shape index (κ2) is 12.1. The van der Waals surface area contributed by atoms with Crippen LogP contribution in [0.2, 0.25) is 0 Å². The molecule has 10 rings (SSSR count). The number of hydrogen-bond acceptors (Lipinski definition) is 4. The molecular formula is C47H29N3S. The van der Waals surface area contributed by atoms with Crippen LogP contribution in [0.3, 0.4) is 0 Å². The van der Waals surface area contributed by atoms with Crippen LogP contribution in [-0.4, -0.2) is 15.0 Å². The Morgan fingerprint density at radius 1 is 0.373 bits per heavy atom. The molecule has 0 N–H and O–H groups in total. The van der Waals surface area contributed by atoms with Crippen LogP contribution in [0.5, 0.6) is 0 Å². The van der Waals surface area contributed by atoms with Crippen molar-refractivity contribution >= 4 is 53.2 Å². The molecule has 0 spiro atoms. The van der Waals surface area contributed by atoms with E-state index in [0.29, 0.717) is 5.82 Å². The number of aromatic nitrogens is 3. The minimum Gasteiger partial charge on any atom is -0.255 e. The predicted octanol–water partition coefficient (Wildman–Crippen LogP) is 12.9. The summed E-state index contributed by atoms with van der Waals surface area (Å²) < 4.78 is 2.42. The molecule has 3 heterocycles. The third-order valence-electron chi connectivity index (χ3n) is 9.74. The van der Waals surface area contributed by atoms with E-state index in [-0.39, 0.29) is 0 Å². The van der Waals surface area contributed by atoms with E-state index >= 15 is 0 Å². The molecule has 0 unspecified atom stereocenters. The van der Waals surface area contributed by atoms with Crippen molar-refractivity contribution in [2.24, 2.45) is 0 Å². The lowest BCUT2D eigenvalue weighted by molar-refractivity contribution is 1.18. The van der Waals surface area contributed by atoms with Crippen molar-refractivity contribution in [3.63, 3.8) is 0 Å². The van der Waals surface area contributed by atoms with Crippen molar-refractivity contribution in [1.29, 1.82) is 0 Å². The van der Waals surface area contributed by atoms with Crippen LogP contribution in [-0.2, 0) is 0 Å². The fourth-order valence-corrected chi connectivity index (χ4v) is 8.34. The Morgan fingerprint density at radius 3 is 1.90 bits per heavy atom. The second-order valence-corrected chi connectivity index (χ2v) is 13.9. The number of fused-ring (bicyclic) bond motifs is 6. The molecule has 7 aromatic carbocycles. The molecule has 0 amide bonds. The van der Waals surface area contributed by atoms with Crippen LogP contribution >= 0.6 is 11.3 Å². The van der Waals surface area contributed by atoms with E-state index in [1.54, 1.807) is 11.3 Å². The van der Waals surface area contributed by atoms with E-state index in [9.17, 15) is 0 Å². The van der Waals surface area contributed by atoms with Gasteiger partial charge in [0.15, 0.2) is 5.82 Å². The first-order valence-corrected chi connectivity index (χ1v) is 17.9. The normalized spacial score (nSPS) is 11.5. The maximum Gasteiger partial charge on any atom is 0.160 e. The van der Waals surface area contributed by atoms with Gasteiger partial charge >= 0.3 is 0 Å². The molecule has 10 aromatic rings. The number of nitrogens with zero attached hydrogens (tertiary/aromatic N) is 3. The summed E-state index contributed by atoms with van der Waals surface area (Å²) in [5.74, 6) is 0.697. The summed E-state index contributed by atoms with van der Waals surface area (Å²) in [7, 11) is 0. The van der Waals surface area contributed by atoms with E-state index in [2.05, 4.69) is 140 Å². The van der Waals surface area contributed by atoms with Crippen molar-refractivity contribution in [3.8, 4) is 56.2 Å². The fraction of sp³-hybridized carbons (Fsp3) is 0. The number of benzene rings is 7. The third-order valence-corrected chi connectivity index (χ3v) is 10.9. The molecule has 4 heteroatoms. The molecule has 0 saturated carbocycles. The fourth-order valence-electron chi connectivity index (χ4n) is 7.29. The smallest absolute Gasteiger partial charge is 0.160 e. The maximum atomic E-state index is 5.31. The number of rotatable bonds is 5. The van der Waals surface area contributed by atoms with E-state index < -0.39 is 0 Å². The van der Waals surface area contributed by atoms with Crippen molar-refractivity contribution in [2.75, 3.05) is 0 Å². The standard InChI is InChI=1S/C47H29N3S/c1-3-12-30(13-4-1)42-29-43(50-47(49-42)31-14-5-2-6-15-31)40-27-34(39-26-32-16-7-8-17-35(32)37-18-9-10-19-38(37)39)21-23-36(40)33-22-24-44-41(28-33)46-45(51-44)20-11-25-48-46/h1-29H. The van der Waals surface area contributed by atoms with Gasteiger partial charge in [-0.15, -0.1) is 11.3 Å². The van der Waals surface area contributed by atoms with Crippen molar-refractivity contribution in [1.82, 2.24) is 15.0 Å². The Balaban J connectivity index is 1.26. The highest BCUT2D eigenvalue weighted by molar-refractivity contribution is 7.25. The average molecular weight is 668 g/mol. The van der Waals surface area contributed by atoms with E-state index in [1.807, 2.05) is 36.5 Å². The average Bonchev–Trinajstić information content (AvgIpc) is 3.59. The first-order chi connectivity index (χ1) is 25.3. The lowest BCUT2D eigenvalue weighted by Crippen LogP contribution is -1.97. The summed E-state index contributed by atoms with van der Waals surface area (Å²) in [5.41, 5.74) is 10.4. The van der Waals surface area contributed by atoms with Crippen molar-refractivity contribution in [2.45, 2.75) is 0 Å². The molecule has 3 nitrogen and oxygen atoms in total. The van der Waals surface area contributed by atoms with Crippen molar-refractivity contribution in [3.05, 3.63) is 176 Å². The van der Waals surface area contributed by atoms with Crippen LogP contribution in [0.1, 0.15) is 0 Å². The molecule has 238 valence electrons. The Hall–Kier alpha value is -6.49. The van der Waals surface area contributed by atoms with Gasteiger partial charge in [-0.3, -0.25) is 4.98 Å². The van der Waals surface area contributed by atoms with Gasteiger partial charge in [0.2, 0.25) is 0 Å². The zero-order valence-corrected chi connectivity index (χ0v) is 28.3. The lowest BCUT2D eigenvalue weighted by Gasteiger charge is -2.16. The van der Waals surface area contributed by atoms with Gasteiger partial charge in [-0.2, -0.15) is 0 Å². The summed E-state index contributed by atoms with van der Waals surface area (Å²) in [6, 6.07) is 60.3. The molecule has 0 aliphatic rings. The molecular weight excluding hydrogens is 639 g/mol. The third kappa shape index (κ3) is 5.16. The molecule has 0 bridgehead atoms. The zero-order valence-electron chi connectivity index (χ0n) is 27.5. The highest BCUT2D eigenvalue weighted by atomic mass is 32.1. The highest BCUT2D eigenvalue weighted by Crippen LogP contribution is 2.42. The molecule has 0 saturated heterocycles. The Labute approximate surface area is 299 Å². The summed E-state index contributed by atoms with van der Waals surface area (Å²) >= 11 is 1.78. The topological polar surface area (TPSA) is 38.7 Å². The Bertz CT molecular complexity index is 2860. The second-order valence-electron chi connectivity index (χ2n) is 12.8. The molecule has 0 radical (unpaired) electrons. The zero-order chi connectivity index (χ0) is 33.7. The van der Waals surface area contributed by atoms with Crippen LogP contribution in [0.25, 0.3) is 98.0 Å². The predicted molar refractivity (Wildman–Crippen MR) is 215 cm³/mol. The molecule has 0 aliphatic heterocycles. The molecule has 0 atom stereocenters. The summed E-state index contributed by atoms with van der Waals surface area (Å²) in [6.45, 7) is 0. The summed E-state index contributed by atoms with van der Waals surface area (Å²) in [6.07, 6.45) is 1.88. The monoisotopic (exact) mass is 667 g/mol. The first kappa shape index (κ1) is 29.4. The number of hydrogen-bond donors (Lipinski definition) is 0. The van der Waals surface area contributed by atoms with Gasteiger partial charge in [0.1, 0.15) is 0 Å². The molecule has 51 heavy (non-hydrogen) atoms. The summed E-state index contributed by atoms with van der Waals surface area (Å²) in [5, 5.41) is 6.12. The minimum atomic E-state index is 0.697. The van der Waals surface area contributed by atoms with Gasteiger partial charge < -0.3 is 0 Å². The van der Waals surface area contributed by atoms with Gasteiger partial charge in [-0.1, -0.05) is 127 Å². The van der Waals surface area contributed by atoms with Gasteiger partial charge in [-0.25, -0.2) is 9.97 Å². The number of thiophene rings is 1. The molecule has 0 aliphatic carbocycles. The minimum absolute atomic E-state index is 0.697. The van der Waals surface area contributed by atoms with E-state index in [0.717, 1.165) is 50.3 Å². The van der Waals surface area contributed by atoms with Crippen LogP contribution in [0.15, 0.2) is 176 Å². The summed E-state index contributed by atoms with van der Waals surface area (Å²) in [4.78, 5) is 15.2. The Kier molecular flexibility index (Phi) is 7.00. The lowest BCUT2D eigenvalue weighted by atomic mass is 9.89. The van der Waals surface area contributed by atoms with E-state index in [4.69, 9.17) is 15.0 Å². The largest absolute Gasteiger partial charge is 0.255 e. The first-order valence-electron chi connectivity index (χ1n) is 17.1. The van der Waals surface area contributed by atoms with Gasteiger partial charge in [0.05, 0.1) is 21.6 Å². The SMILES string of the molecule is c1ccc(-c2cc(-c3cc(-c4cc5ccccc5c5ccccc45)ccc3-c3ccc4sc5cccnc5c4c3)nc(-c3ccccc3)n2)cc1. The Morgan fingerprint density at radius 2 is 1.06 bits per heavy atom. The van der Waals surface area contributed by atoms with Crippen LogP contribution in [0, 0.1) is 0 Å². The quantitative estimate of drug-likeness (QED) is 0.171. The molecule has 3 aromatic heterocycles. The van der Waals surface area contributed by atoms with Gasteiger partial charge in [-0.05, 0) is 86.3 Å². The maximum absolute atomic E-state index is 5.31. The number of pyridine rings is 1. The van der Waals surface area contributed by atoms with Crippen molar-refractivity contribution < 1.29 is 0 Å². The van der Waals surface area contributed by atoms with Crippen LogP contribution < -0.4 is 0 Å².